The SMILES string of the molecule is CCc1cc(-c2ccc(O[C@H]3O[C@H](CO)C[C@H](O)[C@@H]3O)c(CC)c2)ccc1OC1O[C@H](CO)[C@@H](O)[C@H](O)[C@@H]1O. The van der Waals surface area contributed by atoms with E-state index in [0.29, 0.717) is 24.3 Å². The number of ether oxygens (including phenoxy) is 4. The van der Waals surface area contributed by atoms with Gasteiger partial charge in [0.1, 0.15) is 42.0 Å². The minimum atomic E-state index is -1.53. The topological polar surface area (TPSA) is 179 Å². The summed E-state index contributed by atoms with van der Waals surface area (Å²) >= 11 is 0. The predicted octanol–water partition coefficient (Wildman–Crippen LogP) is -0.135. The molecule has 4 rings (SSSR count). The van der Waals surface area contributed by atoms with Crippen LogP contribution in [0.2, 0.25) is 0 Å². The third-order valence-electron chi connectivity index (χ3n) is 7.26. The van der Waals surface area contributed by atoms with Crippen LogP contribution in [0.15, 0.2) is 36.4 Å². The van der Waals surface area contributed by atoms with Gasteiger partial charge < -0.3 is 54.7 Å². The Labute approximate surface area is 226 Å². The van der Waals surface area contributed by atoms with Gasteiger partial charge in [0.25, 0.3) is 0 Å². The van der Waals surface area contributed by atoms with E-state index in [2.05, 4.69) is 0 Å². The third-order valence-corrected chi connectivity index (χ3v) is 7.26. The van der Waals surface area contributed by atoms with Gasteiger partial charge in [-0.25, -0.2) is 0 Å². The standard InChI is InChI=1S/C28H38O11/c1-3-14-9-16(5-7-20(14)37-27-23(32)19(31)11-18(12-29)36-27)17-6-8-21(15(4-2)10-17)38-28-26(35)25(34)24(33)22(13-30)39-28/h5-10,18-19,22-35H,3-4,11-13H2,1-2H3/t18-,19-,22+,23-,24+,25-,26-,27+,28?/m0/s1. The second-order valence-corrected chi connectivity index (χ2v) is 9.89. The van der Waals surface area contributed by atoms with Crippen molar-refractivity contribution in [3.8, 4) is 22.6 Å². The fourth-order valence-electron chi connectivity index (χ4n) is 4.85. The fraction of sp³-hybridized carbons (Fsp3) is 0.571. The molecule has 2 aliphatic rings. The maximum atomic E-state index is 10.3. The largest absolute Gasteiger partial charge is 0.462 e. The number of hydrogen-bond donors (Lipinski definition) is 7. The molecule has 2 aromatic rings. The Morgan fingerprint density at radius 1 is 0.692 bits per heavy atom. The van der Waals surface area contributed by atoms with Crippen LogP contribution in [0.4, 0.5) is 0 Å². The second-order valence-electron chi connectivity index (χ2n) is 9.89. The van der Waals surface area contributed by atoms with Crippen LogP contribution in [-0.2, 0) is 22.3 Å². The molecule has 11 heteroatoms. The summed E-state index contributed by atoms with van der Waals surface area (Å²) in [4.78, 5) is 0. The van der Waals surface area contributed by atoms with Crippen molar-refractivity contribution in [1.29, 1.82) is 0 Å². The maximum absolute atomic E-state index is 10.3. The molecule has 0 radical (unpaired) electrons. The summed E-state index contributed by atoms with van der Waals surface area (Å²) in [6, 6.07) is 11.1. The van der Waals surface area contributed by atoms with E-state index in [4.69, 9.17) is 18.9 Å². The molecule has 2 aromatic carbocycles. The van der Waals surface area contributed by atoms with E-state index < -0.39 is 61.9 Å². The number of aliphatic hydroxyl groups excluding tert-OH is 7. The monoisotopic (exact) mass is 550 g/mol. The Morgan fingerprint density at radius 3 is 1.72 bits per heavy atom. The first-order valence-electron chi connectivity index (χ1n) is 13.2. The number of aryl methyl sites for hydroxylation is 2. The van der Waals surface area contributed by atoms with Gasteiger partial charge in [0.2, 0.25) is 12.6 Å². The van der Waals surface area contributed by atoms with E-state index in [9.17, 15) is 35.7 Å². The lowest BCUT2D eigenvalue weighted by atomic mass is 9.97. The summed E-state index contributed by atoms with van der Waals surface area (Å²) in [5, 5.41) is 69.7. The van der Waals surface area contributed by atoms with E-state index >= 15 is 0 Å². The lowest BCUT2D eigenvalue weighted by Crippen LogP contribution is -2.60. The van der Waals surface area contributed by atoms with Crippen molar-refractivity contribution in [3.63, 3.8) is 0 Å². The highest BCUT2D eigenvalue weighted by atomic mass is 16.7. The maximum Gasteiger partial charge on any atom is 0.229 e. The van der Waals surface area contributed by atoms with Gasteiger partial charge in [-0.05, 0) is 59.4 Å². The van der Waals surface area contributed by atoms with Crippen LogP contribution in [-0.4, -0.2) is 104 Å². The number of aliphatic hydroxyl groups is 7. The van der Waals surface area contributed by atoms with Crippen LogP contribution >= 0.6 is 0 Å². The molecule has 0 bridgehead atoms. The number of hydrogen-bond acceptors (Lipinski definition) is 11. The molecule has 0 aromatic heterocycles. The van der Waals surface area contributed by atoms with Crippen molar-refractivity contribution in [2.45, 2.75) is 88.4 Å². The molecular weight excluding hydrogens is 512 g/mol. The van der Waals surface area contributed by atoms with Gasteiger partial charge >= 0.3 is 0 Å². The molecule has 7 N–H and O–H groups in total. The molecule has 9 atom stereocenters. The number of benzene rings is 2. The predicted molar refractivity (Wildman–Crippen MR) is 138 cm³/mol. The lowest BCUT2D eigenvalue weighted by Gasteiger charge is -2.39. The van der Waals surface area contributed by atoms with E-state index in [1.165, 1.54) is 0 Å². The minimum absolute atomic E-state index is 0.118. The summed E-state index contributed by atoms with van der Waals surface area (Å²) in [5.74, 6) is 0.927. The van der Waals surface area contributed by atoms with Crippen molar-refractivity contribution in [2.75, 3.05) is 13.2 Å². The lowest BCUT2D eigenvalue weighted by molar-refractivity contribution is -0.277. The van der Waals surface area contributed by atoms with Gasteiger partial charge in [-0.3, -0.25) is 0 Å². The molecule has 0 aliphatic carbocycles. The smallest absolute Gasteiger partial charge is 0.229 e. The first-order valence-corrected chi connectivity index (χ1v) is 13.2. The first kappa shape index (κ1) is 29.7. The second kappa shape index (κ2) is 12.9. The van der Waals surface area contributed by atoms with Crippen molar-refractivity contribution in [1.82, 2.24) is 0 Å². The Kier molecular flexibility index (Phi) is 9.81. The van der Waals surface area contributed by atoms with E-state index in [-0.39, 0.29) is 13.0 Å². The summed E-state index contributed by atoms with van der Waals surface area (Å²) in [6.07, 6.45) is -9.58. The van der Waals surface area contributed by atoms with Crippen molar-refractivity contribution in [3.05, 3.63) is 47.5 Å². The zero-order chi connectivity index (χ0) is 28.3. The van der Waals surface area contributed by atoms with Crippen LogP contribution in [0.1, 0.15) is 31.4 Å². The molecular formula is C28H38O11. The van der Waals surface area contributed by atoms with Crippen LogP contribution in [0.3, 0.4) is 0 Å². The summed E-state index contributed by atoms with van der Waals surface area (Å²) < 4.78 is 22.9. The molecule has 2 heterocycles. The molecule has 2 aliphatic heterocycles. The van der Waals surface area contributed by atoms with Crippen LogP contribution in [0, 0.1) is 0 Å². The molecule has 0 spiro atoms. The van der Waals surface area contributed by atoms with Gasteiger partial charge in [-0.2, -0.15) is 0 Å². The molecule has 1 unspecified atom stereocenters. The van der Waals surface area contributed by atoms with Crippen molar-refractivity contribution < 1.29 is 54.7 Å². The highest BCUT2D eigenvalue weighted by Gasteiger charge is 2.45. The van der Waals surface area contributed by atoms with E-state index in [1.807, 2.05) is 38.1 Å². The normalized spacial score (nSPS) is 33.1. The van der Waals surface area contributed by atoms with Crippen molar-refractivity contribution in [2.24, 2.45) is 0 Å². The molecule has 216 valence electrons. The molecule has 0 amide bonds. The van der Waals surface area contributed by atoms with E-state index in [1.54, 1.807) is 12.1 Å². The Hall–Kier alpha value is -2.32. The average molecular weight is 551 g/mol. The van der Waals surface area contributed by atoms with Crippen molar-refractivity contribution >= 4 is 0 Å². The highest BCUT2D eigenvalue weighted by molar-refractivity contribution is 5.68. The van der Waals surface area contributed by atoms with Gasteiger partial charge in [0.05, 0.1) is 25.4 Å². The van der Waals surface area contributed by atoms with Gasteiger partial charge in [-0.15, -0.1) is 0 Å². The highest BCUT2D eigenvalue weighted by Crippen LogP contribution is 2.34. The van der Waals surface area contributed by atoms with Gasteiger partial charge in [0, 0.05) is 6.42 Å². The zero-order valence-electron chi connectivity index (χ0n) is 22.0. The zero-order valence-corrected chi connectivity index (χ0v) is 22.0. The Balaban J connectivity index is 1.53. The first-order chi connectivity index (χ1) is 18.7. The van der Waals surface area contributed by atoms with Crippen LogP contribution in [0.5, 0.6) is 11.5 Å². The summed E-state index contributed by atoms with van der Waals surface area (Å²) in [6.45, 7) is 3.07. The molecule has 11 nitrogen and oxygen atoms in total. The molecule has 2 fully saturated rings. The molecule has 2 saturated heterocycles. The van der Waals surface area contributed by atoms with E-state index in [0.717, 1.165) is 22.3 Å². The average Bonchev–Trinajstić information content (AvgIpc) is 2.95. The Bertz CT molecular complexity index is 1090. The molecule has 39 heavy (non-hydrogen) atoms. The van der Waals surface area contributed by atoms with Crippen LogP contribution in [0.25, 0.3) is 11.1 Å². The minimum Gasteiger partial charge on any atom is -0.462 e. The summed E-state index contributed by atoms with van der Waals surface area (Å²) in [7, 11) is 0. The third kappa shape index (κ3) is 6.37. The van der Waals surface area contributed by atoms with Gasteiger partial charge in [0.15, 0.2) is 0 Å². The van der Waals surface area contributed by atoms with Crippen LogP contribution < -0.4 is 9.47 Å². The fourth-order valence-corrected chi connectivity index (χ4v) is 4.85. The number of rotatable bonds is 9. The molecule has 0 saturated carbocycles. The Morgan fingerprint density at radius 2 is 1.23 bits per heavy atom. The van der Waals surface area contributed by atoms with Gasteiger partial charge in [-0.1, -0.05) is 26.0 Å². The quantitative estimate of drug-likeness (QED) is 0.221. The summed E-state index contributed by atoms with van der Waals surface area (Å²) in [5.41, 5.74) is 3.44.